The molecule has 1 heterocycles. The van der Waals surface area contributed by atoms with Gasteiger partial charge >= 0.3 is 0 Å². The summed E-state index contributed by atoms with van der Waals surface area (Å²) in [6.45, 7) is 1.77. The molecule has 9 heteroatoms. The van der Waals surface area contributed by atoms with Gasteiger partial charge in [-0.1, -0.05) is 23.2 Å². The van der Waals surface area contributed by atoms with Crippen LogP contribution in [0.15, 0.2) is 23.1 Å². The van der Waals surface area contributed by atoms with Crippen LogP contribution in [0.25, 0.3) is 0 Å². The van der Waals surface area contributed by atoms with Crippen LogP contribution in [0.2, 0.25) is 10.0 Å². The van der Waals surface area contributed by atoms with Crippen LogP contribution in [-0.2, 0) is 16.6 Å². The van der Waals surface area contributed by atoms with E-state index in [-0.39, 0.29) is 16.5 Å². The molecule has 2 aromatic rings. The summed E-state index contributed by atoms with van der Waals surface area (Å²) in [5.41, 5.74) is 0. The number of hydrogen-bond acceptors (Lipinski definition) is 4. The van der Waals surface area contributed by atoms with Crippen molar-refractivity contribution in [3.05, 3.63) is 39.9 Å². The Labute approximate surface area is 126 Å². The highest BCUT2D eigenvalue weighted by Gasteiger charge is 2.25. The predicted octanol–water partition coefficient (Wildman–Crippen LogP) is 2.24. The Kier molecular flexibility index (Phi) is 4.33. The lowest BCUT2D eigenvalue weighted by atomic mass is 10.4. The zero-order chi connectivity index (χ0) is 14.9. The van der Waals surface area contributed by atoms with E-state index in [4.69, 9.17) is 23.2 Å². The minimum absolute atomic E-state index is 0.0372. The number of benzene rings is 1. The molecule has 0 fully saturated rings. The molecule has 0 aliphatic heterocycles. The van der Waals surface area contributed by atoms with E-state index in [0.717, 1.165) is 4.31 Å². The number of halogens is 2. The second kappa shape index (κ2) is 5.69. The van der Waals surface area contributed by atoms with Gasteiger partial charge in [0, 0.05) is 12.1 Å². The average Bonchev–Trinajstić information content (AvgIpc) is 2.77. The standard InChI is InChI=1S/C11H12Cl2N4O2S/c1-7-14-11(16-15-7)6-17(2)20(18,19)10-5-8(12)3-4-9(10)13/h3-5H,6H2,1-2H3,(H,14,15,16). The lowest BCUT2D eigenvalue weighted by Crippen LogP contribution is -2.27. The molecule has 0 spiro atoms. The number of rotatable bonds is 4. The third-order valence-corrected chi connectivity index (χ3v) is 5.11. The summed E-state index contributed by atoms with van der Waals surface area (Å²) in [5, 5.41) is 6.98. The second-order valence-corrected chi connectivity index (χ2v) is 7.03. The molecule has 0 aliphatic carbocycles. The van der Waals surface area contributed by atoms with Gasteiger partial charge in [0.1, 0.15) is 10.7 Å². The number of H-pyrrole nitrogens is 1. The molecule has 0 atom stereocenters. The molecule has 0 radical (unpaired) electrons. The van der Waals surface area contributed by atoms with E-state index in [9.17, 15) is 8.42 Å². The van der Waals surface area contributed by atoms with E-state index in [2.05, 4.69) is 15.2 Å². The van der Waals surface area contributed by atoms with Crippen molar-refractivity contribution in [1.82, 2.24) is 19.5 Å². The normalized spacial score (nSPS) is 12.1. The van der Waals surface area contributed by atoms with Crippen molar-refractivity contribution in [3.8, 4) is 0 Å². The van der Waals surface area contributed by atoms with Gasteiger partial charge in [-0.15, -0.1) is 0 Å². The molecule has 2 rings (SSSR count). The molecule has 20 heavy (non-hydrogen) atoms. The van der Waals surface area contributed by atoms with Crippen molar-refractivity contribution >= 4 is 33.2 Å². The second-order valence-electron chi connectivity index (χ2n) is 4.17. The van der Waals surface area contributed by atoms with Gasteiger partial charge in [-0.3, -0.25) is 5.10 Å². The van der Waals surface area contributed by atoms with E-state index < -0.39 is 10.0 Å². The Bertz CT molecular complexity index is 730. The first-order chi connectivity index (χ1) is 9.30. The third kappa shape index (κ3) is 3.12. The minimum Gasteiger partial charge on any atom is -0.263 e. The van der Waals surface area contributed by atoms with Gasteiger partial charge in [-0.05, 0) is 25.1 Å². The summed E-state index contributed by atoms with van der Waals surface area (Å²) in [4.78, 5) is 4.03. The van der Waals surface area contributed by atoms with Crippen LogP contribution in [0.4, 0.5) is 0 Å². The quantitative estimate of drug-likeness (QED) is 0.929. The molecule has 0 bridgehead atoms. The topological polar surface area (TPSA) is 79.0 Å². The Morgan fingerprint density at radius 1 is 1.35 bits per heavy atom. The van der Waals surface area contributed by atoms with Gasteiger partial charge in [-0.25, -0.2) is 13.4 Å². The van der Waals surface area contributed by atoms with Gasteiger partial charge in [0.05, 0.1) is 11.6 Å². The highest BCUT2D eigenvalue weighted by Crippen LogP contribution is 2.27. The van der Waals surface area contributed by atoms with Gasteiger partial charge in [-0.2, -0.15) is 9.40 Å². The summed E-state index contributed by atoms with van der Waals surface area (Å²) in [6.07, 6.45) is 0. The van der Waals surface area contributed by atoms with Gasteiger partial charge in [0.2, 0.25) is 10.0 Å². The number of nitrogens with one attached hydrogen (secondary N) is 1. The fourth-order valence-corrected chi connectivity index (χ4v) is 3.45. The van der Waals surface area contributed by atoms with Crippen LogP contribution >= 0.6 is 23.2 Å². The van der Waals surface area contributed by atoms with Crippen LogP contribution in [0.1, 0.15) is 11.6 Å². The first-order valence-electron chi connectivity index (χ1n) is 5.60. The fourth-order valence-electron chi connectivity index (χ4n) is 1.59. The third-order valence-electron chi connectivity index (χ3n) is 2.59. The van der Waals surface area contributed by atoms with E-state index >= 15 is 0 Å². The van der Waals surface area contributed by atoms with E-state index in [1.54, 1.807) is 6.92 Å². The van der Waals surface area contributed by atoms with Crippen molar-refractivity contribution in [3.63, 3.8) is 0 Å². The summed E-state index contributed by atoms with van der Waals surface area (Å²) in [6, 6.07) is 4.29. The molecular formula is C11H12Cl2N4O2S. The highest BCUT2D eigenvalue weighted by molar-refractivity contribution is 7.89. The lowest BCUT2D eigenvalue weighted by molar-refractivity contribution is 0.457. The molecule has 6 nitrogen and oxygen atoms in total. The van der Waals surface area contributed by atoms with Crippen molar-refractivity contribution < 1.29 is 8.42 Å². The maximum atomic E-state index is 12.4. The summed E-state index contributed by atoms with van der Waals surface area (Å²) >= 11 is 11.7. The van der Waals surface area contributed by atoms with Crippen LogP contribution < -0.4 is 0 Å². The molecule has 1 aromatic heterocycles. The summed E-state index contributed by atoms with van der Waals surface area (Å²) < 4.78 is 26.0. The number of hydrogen-bond donors (Lipinski definition) is 1. The fraction of sp³-hybridized carbons (Fsp3) is 0.273. The predicted molar refractivity (Wildman–Crippen MR) is 76.2 cm³/mol. The SMILES string of the molecule is Cc1nc(CN(C)S(=O)(=O)c2cc(Cl)ccc2Cl)n[nH]1. The monoisotopic (exact) mass is 334 g/mol. The number of nitrogens with zero attached hydrogens (tertiary/aromatic N) is 3. The molecule has 0 amide bonds. The molecule has 1 aromatic carbocycles. The zero-order valence-electron chi connectivity index (χ0n) is 10.8. The van der Waals surface area contributed by atoms with Crippen molar-refractivity contribution in [2.45, 2.75) is 18.4 Å². The summed E-state index contributed by atoms with van der Waals surface area (Å²) in [5.74, 6) is 0.998. The number of aryl methyl sites for hydroxylation is 1. The minimum atomic E-state index is -3.76. The lowest BCUT2D eigenvalue weighted by Gasteiger charge is -2.16. The Morgan fingerprint density at radius 2 is 2.05 bits per heavy atom. The van der Waals surface area contributed by atoms with Gasteiger partial charge in [0.25, 0.3) is 0 Å². The molecule has 108 valence electrons. The van der Waals surface area contributed by atoms with Gasteiger partial charge < -0.3 is 0 Å². The Balaban J connectivity index is 2.32. The van der Waals surface area contributed by atoms with Gasteiger partial charge in [0.15, 0.2) is 5.82 Å². The molecule has 0 aliphatic rings. The Morgan fingerprint density at radius 3 is 2.65 bits per heavy atom. The number of sulfonamides is 1. The van der Waals surface area contributed by atoms with E-state index in [1.165, 1.54) is 25.2 Å². The van der Waals surface area contributed by atoms with Crippen LogP contribution in [0.5, 0.6) is 0 Å². The average molecular weight is 335 g/mol. The van der Waals surface area contributed by atoms with Crippen molar-refractivity contribution in [2.24, 2.45) is 0 Å². The number of aromatic nitrogens is 3. The largest absolute Gasteiger partial charge is 0.263 e. The first kappa shape index (κ1) is 15.2. The van der Waals surface area contributed by atoms with E-state index in [0.29, 0.717) is 16.7 Å². The van der Waals surface area contributed by atoms with Crippen LogP contribution in [0, 0.1) is 6.92 Å². The molecule has 1 N–H and O–H groups in total. The van der Waals surface area contributed by atoms with E-state index in [1.807, 2.05) is 0 Å². The summed E-state index contributed by atoms with van der Waals surface area (Å²) in [7, 11) is -2.33. The smallest absolute Gasteiger partial charge is 0.244 e. The maximum Gasteiger partial charge on any atom is 0.244 e. The van der Waals surface area contributed by atoms with Crippen LogP contribution in [-0.4, -0.2) is 35.0 Å². The molecular weight excluding hydrogens is 323 g/mol. The molecule has 0 unspecified atom stereocenters. The highest BCUT2D eigenvalue weighted by atomic mass is 35.5. The number of aromatic amines is 1. The maximum absolute atomic E-state index is 12.4. The van der Waals surface area contributed by atoms with Crippen LogP contribution in [0.3, 0.4) is 0 Å². The van der Waals surface area contributed by atoms with Crippen molar-refractivity contribution in [2.75, 3.05) is 7.05 Å². The van der Waals surface area contributed by atoms with Crippen molar-refractivity contribution in [1.29, 1.82) is 0 Å². The molecule has 0 saturated heterocycles. The Hall–Kier alpha value is -1.15. The first-order valence-corrected chi connectivity index (χ1v) is 7.79. The zero-order valence-corrected chi connectivity index (χ0v) is 13.1. The molecule has 0 saturated carbocycles.